The van der Waals surface area contributed by atoms with Gasteiger partial charge in [0.2, 0.25) is 6.41 Å². The first-order valence-corrected chi connectivity index (χ1v) is 2.96. The molecule has 0 aromatic carbocycles. The van der Waals surface area contributed by atoms with E-state index in [0.717, 1.165) is 6.26 Å². The second-order valence-electron chi connectivity index (χ2n) is 1.55. The Morgan fingerprint density at radius 2 is 2.36 bits per heavy atom. The van der Waals surface area contributed by atoms with Crippen LogP contribution in [0.1, 0.15) is 6.42 Å². The predicted octanol–water partition coefficient (Wildman–Crippen LogP) is 0.323. The summed E-state index contributed by atoms with van der Waals surface area (Å²) in [6, 6.07) is 0. The molecule has 0 radical (unpaired) electrons. The maximum absolute atomic E-state index is 10.5. The molecule has 1 N–H and O–H groups in total. The van der Waals surface area contributed by atoms with Crippen molar-refractivity contribution in [1.82, 2.24) is 5.32 Å². The van der Waals surface area contributed by atoms with E-state index in [9.17, 15) is 9.59 Å². The van der Waals surface area contributed by atoms with Gasteiger partial charge in [-0.05, 0) is 0 Å². The van der Waals surface area contributed by atoms with E-state index in [1.165, 1.54) is 12.3 Å². The number of amides is 1. The second kappa shape index (κ2) is 6.54. The highest BCUT2D eigenvalue weighted by Gasteiger charge is 1.93. The van der Waals surface area contributed by atoms with E-state index in [1.807, 2.05) is 0 Å². The van der Waals surface area contributed by atoms with E-state index < -0.39 is 5.97 Å². The molecule has 0 aliphatic carbocycles. The van der Waals surface area contributed by atoms with Gasteiger partial charge in [-0.15, -0.1) is 0 Å². The van der Waals surface area contributed by atoms with E-state index >= 15 is 0 Å². The van der Waals surface area contributed by atoms with Crippen molar-refractivity contribution in [2.75, 3.05) is 0 Å². The molecule has 11 heavy (non-hydrogen) atoms. The minimum absolute atomic E-state index is 0.118. The quantitative estimate of drug-likeness (QED) is 0.353. The summed E-state index contributed by atoms with van der Waals surface area (Å²) in [6.45, 7) is 3.21. The number of ether oxygens (including phenoxy) is 1. The van der Waals surface area contributed by atoms with Crippen molar-refractivity contribution < 1.29 is 14.3 Å². The zero-order chi connectivity index (χ0) is 8.53. The van der Waals surface area contributed by atoms with Crippen LogP contribution in [0.25, 0.3) is 0 Å². The summed E-state index contributed by atoms with van der Waals surface area (Å²) in [6.07, 6.45) is 4.52. The van der Waals surface area contributed by atoms with E-state index in [4.69, 9.17) is 0 Å². The second-order valence-corrected chi connectivity index (χ2v) is 1.55. The third-order valence-electron chi connectivity index (χ3n) is 0.781. The lowest BCUT2D eigenvalue weighted by Crippen LogP contribution is -2.01. The van der Waals surface area contributed by atoms with Crippen LogP contribution in [0, 0.1) is 0 Å². The van der Waals surface area contributed by atoms with Crippen molar-refractivity contribution in [3.05, 3.63) is 25.1 Å². The summed E-state index contributed by atoms with van der Waals surface area (Å²) in [5.74, 6) is -0.413. The normalized spacial score (nSPS) is 9.09. The van der Waals surface area contributed by atoms with Gasteiger partial charge in [-0.2, -0.15) is 0 Å². The molecule has 0 saturated heterocycles. The zero-order valence-corrected chi connectivity index (χ0v) is 5.95. The molecule has 0 saturated carbocycles. The first-order chi connectivity index (χ1) is 5.31. The molecule has 0 aliphatic heterocycles. The van der Waals surface area contributed by atoms with Crippen LogP contribution >= 0.6 is 0 Å². The molecule has 60 valence electrons. The molecule has 0 fully saturated rings. The number of hydrogen-bond acceptors (Lipinski definition) is 3. The molecule has 0 bridgehead atoms. The maximum atomic E-state index is 10.5. The summed E-state index contributed by atoms with van der Waals surface area (Å²) in [7, 11) is 0. The molecule has 0 atom stereocenters. The highest BCUT2D eigenvalue weighted by atomic mass is 16.5. The molecule has 0 aromatic heterocycles. The third-order valence-corrected chi connectivity index (χ3v) is 0.781. The Bertz CT molecular complexity index is 175. The van der Waals surface area contributed by atoms with Gasteiger partial charge in [-0.3, -0.25) is 9.59 Å². The lowest BCUT2D eigenvalue weighted by atomic mass is 10.4. The van der Waals surface area contributed by atoms with Crippen LogP contribution in [0.5, 0.6) is 0 Å². The monoisotopic (exact) mass is 155 g/mol. The Hall–Kier alpha value is -1.58. The van der Waals surface area contributed by atoms with Crippen molar-refractivity contribution in [2.45, 2.75) is 6.42 Å². The summed E-state index contributed by atoms with van der Waals surface area (Å²) in [5.41, 5.74) is 0. The predicted molar refractivity (Wildman–Crippen MR) is 39.2 cm³/mol. The highest BCUT2D eigenvalue weighted by Crippen LogP contribution is 1.86. The van der Waals surface area contributed by atoms with Gasteiger partial charge in [0.1, 0.15) is 0 Å². The number of rotatable bonds is 5. The third kappa shape index (κ3) is 6.30. The van der Waals surface area contributed by atoms with Crippen LogP contribution in [-0.4, -0.2) is 12.4 Å². The fourth-order valence-electron chi connectivity index (χ4n) is 0.404. The first-order valence-electron chi connectivity index (χ1n) is 2.96. The summed E-state index contributed by atoms with van der Waals surface area (Å²) in [5, 5.41) is 2.25. The van der Waals surface area contributed by atoms with E-state index in [0.29, 0.717) is 6.41 Å². The number of carbonyl (C=O) groups is 2. The maximum Gasteiger partial charge on any atom is 0.314 e. The minimum Gasteiger partial charge on any atom is -0.435 e. The fraction of sp³-hybridized carbons (Fsp3) is 0.143. The largest absolute Gasteiger partial charge is 0.435 e. The molecule has 0 spiro atoms. The Balaban J connectivity index is 3.43. The van der Waals surface area contributed by atoms with Crippen molar-refractivity contribution in [3.63, 3.8) is 0 Å². The Morgan fingerprint density at radius 3 is 2.91 bits per heavy atom. The molecule has 4 nitrogen and oxygen atoms in total. The van der Waals surface area contributed by atoms with Gasteiger partial charge in [0.15, 0.2) is 0 Å². The average molecular weight is 155 g/mol. The lowest BCUT2D eigenvalue weighted by Gasteiger charge is -1.91. The molecule has 0 unspecified atom stereocenters. The van der Waals surface area contributed by atoms with Crippen LogP contribution in [0.3, 0.4) is 0 Å². The van der Waals surface area contributed by atoms with Gasteiger partial charge in [0.25, 0.3) is 0 Å². The molecular weight excluding hydrogens is 146 g/mol. The first kappa shape index (κ1) is 9.42. The van der Waals surface area contributed by atoms with Crippen molar-refractivity contribution >= 4 is 12.4 Å². The Kier molecular flexibility index (Phi) is 5.60. The van der Waals surface area contributed by atoms with Gasteiger partial charge in [0, 0.05) is 6.20 Å². The van der Waals surface area contributed by atoms with Crippen molar-refractivity contribution in [2.24, 2.45) is 0 Å². The lowest BCUT2D eigenvalue weighted by molar-refractivity contribution is -0.137. The summed E-state index contributed by atoms with van der Waals surface area (Å²) < 4.78 is 4.38. The van der Waals surface area contributed by atoms with Crippen LogP contribution in [0.15, 0.2) is 25.1 Å². The van der Waals surface area contributed by atoms with Crippen LogP contribution in [0.4, 0.5) is 0 Å². The molecule has 0 heterocycles. The van der Waals surface area contributed by atoms with Crippen molar-refractivity contribution in [1.29, 1.82) is 0 Å². The van der Waals surface area contributed by atoms with Gasteiger partial charge >= 0.3 is 5.97 Å². The SMILES string of the molecule is C=COC(=O)CC=CNC=O. The fourth-order valence-corrected chi connectivity index (χ4v) is 0.404. The summed E-state index contributed by atoms with van der Waals surface area (Å²) >= 11 is 0. The smallest absolute Gasteiger partial charge is 0.314 e. The van der Waals surface area contributed by atoms with Crippen LogP contribution in [0.2, 0.25) is 0 Å². The zero-order valence-electron chi connectivity index (χ0n) is 5.95. The Morgan fingerprint density at radius 1 is 1.64 bits per heavy atom. The van der Waals surface area contributed by atoms with E-state index in [-0.39, 0.29) is 6.42 Å². The van der Waals surface area contributed by atoms with Gasteiger partial charge in [0.05, 0.1) is 12.7 Å². The highest BCUT2D eigenvalue weighted by molar-refractivity contribution is 5.71. The Labute approximate surface area is 64.5 Å². The van der Waals surface area contributed by atoms with Crippen molar-refractivity contribution in [3.8, 4) is 0 Å². The molecular formula is C7H9NO3. The summed E-state index contributed by atoms with van der Waals surface area (Å²) in [4.78, 5) is 20.2. The molecule has 1 amide bonds. The minimum atomic E-state index is -0.413. The topological polar surface area (TPSA) is 55.4 Å². The van der Waals surface area contributed by atoms with Crippen LogP contribution in [-0.2, 0) is 14.3 Å². The number of carbonyl (C=O) groups excluding carboxylic acids is 2. The molecule has 0 aliphatic rings. The average Bonchev–Trinajstić information content (AvgIpc) is 1.99. The van der Waals surface area contributed by atoms with Gasteiger partial charge < -0.3 is 10.1 Å². The number of nitrogens with one attached hydrogen (secondary N) is 1. The number of esters is 1. The van der Waals surface area contributed by atoms with Gasteiger partial charge in [-0.1, -0.05) is 12.7 Å². The van der Waals surface area contributed by atoms with Crippen LogP contribution < -0.4 is 5.32 Å². The molecule has 0 rings (SSSR count). The van der Waals surface area contributed by atoms with Gasteiger partial charge in [-0.25, -0.2) is 0 Å². The van der Waals surface area contributed by atoms with E-state index in [1.54, 1.807) is 0 Å². The number of hydrogen-bond donors (Lipinski definition) is 1. The standard InChI is InChI=1S/C7H9NO3/c1-2-11-7(10)4-3-5-8-6-9/h2-3,5-6H,1,4H2,(H,8,9). The van der Waals surface area contributed by atoms with E-state index in [2.05, 4.69) is 16.6 Å². The molecule has 0 aromatic rings. The molecule has 4 heteroatoms.